The predicted molar refractivity (Wildman–Crippen MR) is 71.8 cm³/mol. The third-order valence-corrected chi connectivity index (χ3v) is 3.10. The van der Waals surface area contributed by atoms with Crippen LogP contribution < -0.4 is 10.5 Å². The van der Waals surface area contributed by atoms with Gasteiger partial charge < -0.3 is 10.5 Å². The molecule has 0 saturated carbocycles. The topological polar surface area (TPSA) is 71.9 Å². The van der Waals surface area contributed by atoms with Crippen LogP contribution in [0, 0.1) is 11.3 Å². The summed E-state index contributed by atoms with van der Waals surface area (Å²) in [5.41, 5.74) is 7.53. The van der Waals surface area contributed by atoms with Crippen LogP contribution in [0.2, 0.25) is 0 Å². The molecule has 0 spiro atoms. The molecule has 0 aliphatic heterocycles. The Morgan fingerprint density at radius 2 is 2.17 bits per heavy atom. The van der Waals surface area contributed by atoms with Crippen LogP contribution in [0.1, 0.15) is 11.1 Å². The van der Waals surface area contributed by atoms with Gasteiger partial charge in [0.15, 0.2) is 0 Å². The van der Waals surface area contributed by atoms with Gasteiger partial charge in [-0.15, -0.1) is 0 Å². The quantitative estimate of drug-likeness (QED) is 0.946. The van der Waals surface area contributed by atoms with E-state index >= 15 is 0 Å². The second-order valence-corrected chi connectivity index (χ2v) is 4.46. The van der Waals surface area contributed by atoms with Gasteiger partial charge in [-0.3, -0.25) is 0 Å². The van der Waals surface area contributed by atoms with Gasteiger partial charge in [0, 0.05) is 16.2 Å². The number of aromatic nitrogens is 1. The number of nitrogen functional groups attached to an aromatic ring is 1. The molecule has 18 heavy (non-hydrogen) atoms. The number of hydrogen-bond acceptors (Lipinski definition) is 4. The number of rotatable bonds is 3. The molecule has 4 nitrogen and oxygen atoms in total. The predicted octanol–water partition coefficient (Wildman–Crippen LogP) is 2.88. The highest BCUT2D eigenvalue weighted by atomic mass is 79.9. The van der Waals surface area contributed by atoms with E-state index in [1.807, 2.05) is 30.3 Å². The maximum absolute atomic E-state index is 8.70. The van der Waals surface area contributed by atoms with E-state index in [1.165, 1.54) is 6.20 Å². The number of hydrogen-bond donors (Lipinski definition) is 1. The lowest BCUT2D eigenvalue weighted by Crippen LogP contribution is -2.01. The van der Waals surface area contributed by atoms with Gasteiger partial charge in [0.2, 0.25) is 5.88 Å². The van der Waals surface area contributed by atoms with Crippen LogP contribution in [0.15, 0.2) is 41.0 Å². The summed E-state index contributed by atoms with van der Waals surface area (Å²) in [6.45, 7) is 0.366. The minimum atomic E-state index is 0.338. The molecule has 0 aliphatic rings. The number of pyridine rings is 1. The number of nitrogens with two attached hydrogens (primary N) is 1. The van der Waals surface area contributed by atoms with E-state index < -0.39 is 0 Å². The van der Waals surface area contributed by atoms with Gasteiger partial charge in [-0.25, -0.2) is 4.98 Å². The van der Waals surface area contributed by atoms with Crippen molar-refractivity contribution >= 4 is 21.6 Å². The average molecular weight is 304 g/mol. The van der Waals surface area contributed by atoms with E-state index in [1.54, 1.807) is 6.07 Å². The lowest BCUT2D eigenvalue weighted by molar-refractivity contribution is 0.295. The minimum absolute atomic E-state index is 0.338. The summed E-state index contributed by atoms with van der Waals surface area (Å²) in [7, 11) is 0. The normalized spacial score (nSPS) is 9.78. The fourth-order valence-electron chi connectivity index (χ4n) is 1.41. The molecule has 0 bridgehead atoms. The number of benzene rings is 1. The zero-order chi connectivity index (χ0) is 13.0. The van der Waals surface area contributed by atoms with Crippen LogP contribution in [-0.2, 0) is 6.61 Å². The van der Waals surface area contributed by atoms with Crippen molar-refractivity contribution in [3.63, 3.8) is 0 Å². The Hall–Kier alpha value is -2.06. The Kier molecular flexibility index (Phi) is 3.80. The van der Waals surface area contributed by atoms with Crippen LogP contribution in [0.4, 0.5) is 5.69 Å². The third-order valence-electron chi connectivity index (χ3n) is 2.33. The lowest BCUT2D eigenvalue weighted by Gasteiger charge is -2.08. The molecule has 1 aromatic heterocycles. The van der Waals surface area contributed by atoms with Gasteiger partial charge in [0.25, 0.3) is 0 Å². The summed E-state index contributed by atoms with van der Waals surface area (Å²) in [6.07, 6.45) is 1.44. The van der Waals surface area contributed by atoms with E-state index in [0.29, 0.717) is 23.7 Å². The maximum Gasteiger partial charge on any atom is 0.237 e. The van der Waals surface area contributed by atoms with Crippen molar-refractivity contribution < 1.29 is 4.74 Å². The van der Waals surface area contributed by atoms with Crippen LogP contribution in [0.25, 0.3) is 0 Å². The van der Waals surface area contributed by atoms with Crippen molar-refractivity contribution in [3.05, 3.63) is 52.1 Å². The van der Waals surface area contributed by atoms with E-state index in [-0.39, 0.29) is 0 Å². The fraction of sp³-hybridized carbons (Fsp3) is 0.0769. The number of anilines is 1. The van der Waals surface area contributed by atoms with E-state index in [2.05, 4.69) is 20.9 Å². The molecule has 0 saturated heterocycles. The zero-order valence-electron chi connectivity index (χ0n) is 9.43. The molecule has 2 aromatic rings. The average Bonchev–Trinajstić information content (AvgIpc) is 2.39. The zero-order valence-corrected chi connectivity index (χ0v) is 11.0. The van der Waals surface area contributed by atoms with Gasteiger partial charge in [-0.1, -0.05) is 34.1 Å². The Bertz CT molecular complexity index is 607. The summed E-state index contributed by atoms with van der Waals surface area (Å²) in [4.78, 5) is 4.01. The van der Waals surface area contributed by atoms with Crippen molar-refractivity contribution in [2.45, 2.75) is 6.61 Å². The van der Waals surface area contributed by atoms with Crippen LogP contribution >= 0.6 is 15.9 Å². The van der Waals surface area contributed by atoms with Gasteiger partial charge in [0.1, 0.15) is 12.7 Å². The first-order chi connectivity index (χ1) is 8.70. The van der Waals surface area contributed by atoms with Crippen molar-refractivity contribution in [2.75, 3.05) is 5.73 Å². The third kappa shape index (κ3) is 2.79. The molecule has 1 aromatic carbocycles. The number of nitrogens with zero attached hydrogens (tertiary/aromatic N) is 2. The number of halogens is 1. The van der Waals surface area contributed by atoms with Gasteiger partial charge >= 0.3 is 0 Å². The Balaban J connectivity index is 2.12. The molecular formula is C13H10BrN3O. The molecule has 0 atom stereocenters. The number of ether oxygens (including phenoxy) is 1. The summed E-state index contributed by atoms with van der Waals surface area (Å²) in [5, 5.41) is 8.70. The summed E-state index contributed by atoms with van der Waals surface area (Å²) >= 11 is 3.44. The molecule has 2 N–H and O–H groups in total. The van der Waals surface area contributed by atoms with Gasteiger partial charge in [-0.2, -0.15) is 5.26 Å². The second kappa shape index (κ2) is 5.52. The van der Waals surface area contributed by atoms with Crippen molar-refractivity contribution in [1.82, 2.24) is 4.98 Å². The highest BCUT2D eigenvalue weighted by Crippen LogP contribution is 2.22. The number of nitriles is 1. The van der Waals surface area contributed by atoms with Crippen molar-refractivity contribution in [2.24, 2.45) is 0 Å². The van der Waals surface area contributed by atoms with Crippen LogP contribution in [-0.4, -0.2) is 4.98 Å². The van der Waals surface area contributed by atoms with E-state index in [0.717, 1.165) is 10.0 Å². The monoisotopic (exact) mass is 303 g/mol. The molecule has 1 heterocycles. The Morgan fingerprint density at radius 1 is 1.39 bits per heavy atom. The second-order valence-electron chi connectivity index (χ2n) is 3.61. The first-order valence-corrected chi connectivity index (χ1v) is 6.02. The van der Waals surface area contributed by atoms with Crippen LogP contribution in [0.5, 0.6) is 5.88 Å². The van der Waals surface area contributed by atoms with Crippen molar-refractivity contribution in [1.29, 1.82) is 5.26 Å². The molecule has 0 aliphatic carbocycles. The molecule has 2 rings (SSSR count). The maximum atomic E-state index is 8.70. The first kappa shape index (κ1) is 12.4. The summed E-state index contributed by atoms with van der Waals surface area (Å²) < 4.78 is 6.50. The SMILES string of the molecule is N#Cc1cnc(OCc2ccccc2Br)c(N)c1. The minimum Gasteiger partial charge on any atom is -0.471 e. The molecule has 5 heteroatoms. The standard InChI is InChI=1S/C13H10BrN3O/c14-11-4-2-1-3-10(11)8-18-13-12(16)5-9(6-15)7-17-13/h1-5,7H,8,16H2. The lowest BCUT2D eigenvalue weighted by atomic mass is 10.2. The molecule has 0 fully saturated rings. The van der Waals surface area contributed by atoms with Crippen molar-refractivity contribution in [3.8, 4) is 11.9 Å². The molecule has 0 amide bonds. The van der Waals surface area contributed by atoms with E-state index in [4.69, 9.17) is 15.7 Å². The van der Waals surface area contributed by atoms with E-state index in [9.17, 15) is 0 Å². The van der Waals surface area contributed by atoms with Crippen LogP contribution in [0.3, 0.4) is 0 Å². The Labute approximate surface area is 113 Å². The fourth-order valence-corrected chi connectivity index (χ4v) is 1.81. The summed E-state index contributed by atoms with van der Waals surface area (Å²) in [5.74, 6) is 0.338. The molecule has 90 valence electrons. The molecule has 0 unspecified atom stereocenters. The molecule has 0 radical (unpaired) electrons. The summed E-state index contributed by atoms with van der Waals surface area (Å²) in [6, 6.07) is 11.3. The Morgan fingerprint density at radius 3 is 2.83 bits per heavy atom. The first-order valence-electron chi connectivity index (χ1n) is 5.22. The highest BCUT2D eigenvalue weighted by molar-refractivity contribution is 9.10. The molecular weight excluding hydrogens is 294 g/mol. The largest absolute Gasteiger partial charge is 0.471 e. The van der Waals surface area contributed by atoms with Gasteiger partial charge in [-0.05, 0) is 12.1 Å². The van der Waals surface area contributed by atoms with Gasteiger partial charge in [0.05, 0.1) is 11.3 Å². The smallest absolute Gasteiger partial charge is 0.237 e. The highest BCUT2D eigenvalue weighted by Gasteiger charge is 2.05.